The smallest absolute Gasteiger partial charge is 0.233 e. The molecular weight excluding hydrogens is 314 g/mol. The number of hydrogen-bond donors (Lipinski definition) is 1. The van der Waals surface area contributed by atoms with Gasteiger partial charge in [0.15, 0.2) is 4.34 Å². The summed E-state index contributed by atoms with van der Waals surface area (Å²) in [7, 11) is 0. The molecule has 3 rings (SSSR count). The zero-order valence-electron chi connectivity index (χ0n) is 12.5. The van der Waals surface area contributed by atoms with Crippen molar-refractivity contribution in [3.63, 3.8) is 0 Å². The minimum atomic E-state index is -0.146. The third kappa shape index (κ3) is 4.08. The second-order valence-corrected chi connectivity index (χ2v) is 7.73. The van der Waals surface area contributed by atoms with E-state index in [4.69, 9.17) is 0 Å². The monoisotopic (exact) mass is 333 g/mol. The number of benzene rings is 1. The molecule has 1 saturated carbocycles. The van der Waals surface area contributed by atoms with Gasteiger partial charge in [-0.15, -0.1) is 10.2 Å². The van der Waals surface area contributed by atoms with Crippen molar-refractivity contribution in [1.29, 1.82) is 0 Å². The van der Waals surface area contributed by atoms with E-state index in [2.05, 4.69) is 15.5 Å². The van der Waals surface area contributed by atoms with Crippen molar-refractivity contribution in [3.8, 4) is 0 Å². The predicted octanol–water partition coefficient (Wildman–Crippen LogP) is 4.17. The highest BCUT2D eigenvalue weighted by Crippen LogP contribution is 2.36. The molecule has 2 aromatic rings. The Hall–Kier alpha value is -1.40. The van der Waals surface area contributed by atoms with E-state index < -0.39 is 0 Å². The van der Waals surface area contributed by atoms with Crippen molar-refractivity contribution >= 4 is 34.1 Å². The first-order valence-electron chi connectivity index (χ1n) is 7.58. The van der Waals surface area contributed by atoms with Gasteiger partial charge >= 0.3 is 0 Å². The number of amides is 1. The SMILES string of the molecule is CCC(C(=O)Nc1nnc(SCC2CC2)s1)c1ccccc1. The van der Waals surface area contributed by atoms with Gasteiger partial charge < -0.3 is 0 Å². The molecule has 116 valence electrons. The summed E-state index contributed by atoms with van der Waals surface area (Å²) < 4.78 is 0.940. The van der Waals surface area contributed by atoms with Crippen LogP contribution in [0.5, 0.6) is 0 Å². The summed E-state index contributed by atoms with van der Waals surface area (Å²) in [4.78, 5) is 12.5. The van der Waals surface area contributed by atoms with Crippen molar-refractivity contribution in [2.45, 2.75) is 36.4 Å². The molecule has 1 fully saturated rings. The molecular formula is C16H19N3OS2. The zero-order valence-corrected chi connectivity index (χ0v) is 14.1. The lowest BCUT2D eigenvalue weighted by Gasteiger charge is -2.13. The molecule has 0 spiro atoms. The number of anilines is 1. The Balaban J connectivity index is 1.60. The van der Waals surface area contributed by atoms with Gasteiger partial charge in [0.25, 0.3) is 0 Å². The first-order chi connectivity index (χ1) is 10.8. The van der Waals surface area contributed by atoms with Crippen LogP contribution >= 0.6 is 23.1 Å². The molecule has 1 aliphatic carbocycles. The number of carbonyl (C=O) groups is 1. The molecule has 1 aromatic heterocycles. The highest BCUT2D eigenvalue weighted by atomic mass is 32.2. The first-order valence-corrected chi connectivity index (χ1v) is 9.38. The van der Waals surface area contributed by atoms with E-state index in [0.717, 1.165) is 28.0 Å². The Morgan fingerprint density at radius 2 is 2.14 bits per heavy atom. The lowest BCUT2D eigenvalue weighted by molar-refractivity contribution is -0.117. The predicted molar refractivity (Wildman–Crippen MR) is 91.5 cm³/mol. The molecule has 0 radical (unpaired) electrons. The summed E-state index contributed by atoms with van der Waals surface area (Å²) in [6.07, 6.45) is 3.44. The number of hydrogen-bond acceptors (Lipinski definition) is 5. The number of rotatable bonds is 7. The van der Waals surface area contributed by atoms with Gasteiger partial charge in [-0.05, 0) is 30.7 Å². The normalized spacial score (nSPS) is 15.5. The Morgan fingerprint density at radius 3 is 2.82 bits per heavy atom. The molecule has 4 nitrogen and oxygen atoms in total. The highest BCUT2D eigenvalue weighted by molar-refractivity contribution is 8.01. The molecule has 1 heterocycles. The van der Waals surface area contributed by atoms with Crippen LogP contribution in [0.15, 0.2) is 34.7 Å². The van der Waals surface area contributed by atoms with E-state index in [-0.39, 0.29) is 11.8 Å². The molecule has 1 unspecified atom stereocenters. The van der Waals surface area contributed by atoms with Gasteiger partial charge in [0, 0.05) is 5.75 Å². The highest BCUT2D eigenvalue weighted by Gasteiger charge is 2.23. The zero-order chi connectivity index (χ0) is 15.4. The molecule has 1 atom stereocenters. The molecule has 0 saturated heterocycles. The van der Waals surface area contributed by atoms with Crippen LogP contribution in [0.2, 0.25) is 0 Å². The largest absolute Gasteiger partial charge is 0.300 e. The summed E-state index contributed by atoms with van der Waals surface area (Å²) in [6, 6.07) is 9.86. The number of carbonyl (C=O) groups excluding carboxylic acids is 1. The van der Waals surface area contributed by atoms with E-state index >= 15 is 0 Å². The molecule has 1 aliphatic rings. The molecule has 1 N–H and O–H groups in total. The maximum Gasteiger partial charge on any atom is 0.233 e. The minimum Gasteiger partial charge on any atom is -0.300 e. The van der Waals surface area contributed by atoms with Gasteiger partial charge in [-0.3, -0.25) is 10.1 Å². The summed E-state index contributed by atoms with van der Waals surface area (Å²) in [5, 5.41) is 11.7. The molecule has 6 heteroatoms. The quantitative estimate of drug-likeness (QED) is 0.610. The maximum atomic E-state index is 12.5. The van der Waals surface area contributed by atoms with Crippen LogP contribution in [0.3, 0.4) is 0 Å². The van der Waals surface area contributed by atoms with E-state index in [9.17, 15) is 4.79 Å². The topological polar surface area (TPSA) is 54.9 Å². The van der Waals surface area contributed by atoms with Crippen molar-refractivity contribution in [3.05, 3.63) is 35.9 Å². The van der Waals surface area contributed by atoms with Crippen LogP contribution in [-0.2, 0) is 4.79 Å². The molecule has 0 bridgehead atoms. The standard InChI is InChI=1S/C16H19N3OS2/c1-2-13(12-6-4-3-5-7-12)14(20)17-15-18-19-16(22-15)21-10-11-8-9-11/h3-7,11,13H,2,8-10H2,1H3,(H,17,18,20). The minimum absolute atomic E-state index is 0.0106. The molecule has 1 aromatic carbocycles. The summed E-state index contributed by atoms with van der Waals surface area (Å²) in [6.45, 7) is 2.02. The summed E-state index contributed by atoms with van der Waals surface area (Å²) in [5.74, 6) is 1.82. The molecule has 22 heavy (non-hydrogen) atoms. The maximum absolute atomic E-state index is 12.5. The van der Waals surface area contributed by atoms with Gasteiger partial charge in [-0.2, -0.15) is 0 Å². The van der Waals surface area contributed by atoms with Crippen LogP contribution in [0.25, 0.3) is 0 Å². The number of thioether (sulfide) groups is 1. The summed E-state index contributed by atoms with van der Waals surface area (Å²) in [5.41, 5.74) is 1.04. The first kappa shape index (κ1) is 15.5. The number of nitrogens with zero attached hydrogens (tertiary/aromatic N) is 2. The fourth-order valence-corrected chi connectivity index (χ4v) is 4.21. The van der Waals surface area contributed by atoms with Crippen molar-refractivity contribution in [1.82, 2.24) is 10.2 Å². The van der Waals surface area contributed by atoms with Gasteiger partial charge in [-0.1, -0.05) is 60.4 Å². The molecule has 1 amide bonds. The fraction of sp³-hybridized carbons (Fsp3) is 0.438. The van der Waals surface area contributed by atoms with Crippen LogP contribution in [-0.4, -0.2) is 21.9 Å². The third-order valence-corrected chi connectivity index (χ3v) is 5.91. The summed E-state index contributed by atoms with van der Waals surface area (Å²) >= 11 is 3.21. The van der Waals surface area contributed by atoms with Crippen LogP contribution in [0.1, 0.15) is 37.7 Å². The van der Waals surface area contributed by atoms with Crippen molar-refractivity contribution in [2.24, 2.45) is 5.92 Å². The van der Waals surface area contributed by atoms with Crippen LogP contribution in [0.4, 0.5) is 5.13 Å². The van der Waals surface area contributed by atoms with Gasteiger partial charge in [-0.25, -0.2) is 0 Å². The Labute approximate surface area is 138 Å². The van der Waals surface area contributed by atoms with E-state index in [1.165, 1.54) is 24.2 Å². The van der Waals surface area contributed by atoms with E-state index in [1.807, 2.05) is 37.3 Å². The van der Waals surface area contributed by atoms with Crippen LogP contribution < -0.4 is 5.32 Å². The molecule has 0 aliphatic heterocycles. The Bertz CT molecular complexity index is 625. The van der Waals surface area contributed by atoms with E-state index in [1.54, 1.807) is 11.8 Å². The average Bonchev–Trinajstić information content (AvgIpc) is 3.27. The number of aromatic nitrogens is 2. The van der Waals surface area contributed by atoms with Gasteiger partial charge in [0.1, 0.15) is 0 Å². The second-order valence-electron chi connectivity index (χ2n) is 5.49. The third-order valence-electron chi connectivity index (χ3n) is 3.70. The van der Waals surface area contributed by atoms with Crippen molar-refractivity contribution in [2.75, 3.05) is 11.1 Å². The lowest BCUT2D eigenvalue weighted by atomic mass is 9.96. The average molecular weight is 333 g/mol. The fourth-order valence-electron chi connectivity index (χ4n) is 2.24. The van der Waals surface area contributed by atoms with Crippen molar-refractivity contribution < 1.29 is 4.79 Å². The van der Waals surface area contributed by atoms with Gasteiger partial charge in [0.05, 0.1) is 5.92 Å². The Kier molecular flexibility index (Phi) is 5.10. The van der Waals surface area contributed by atoms with Crippen LogP contribution in [0, 0.1) is 5.92 Å². The lowest BCUT2D eigenvalue weighted by Crippen LogP contribution is -2.20. The Morgan fingerprint density at radius 1 is 1.36 bits per heavy atom. The second kappa shape index (κ2) is 7.24. The van der Waals surface area contributed by atoms with E-state index in [0.29, 0.717) is 5.13 Å². The number of nitrogens with one attached hydrogen (secondary N) is 1. The van der Waals surface area contributed by atoms with Gasteiger partial charge in [0.2, 0.25) is 11.0 Å².